The van der Waals surface area contributed by atoms with Gasteiger partial charge in [0.1, 0.15) is 5.56 Å². The fraction of sp³-hybridized carbons (Fsp3) is 0.538. The van der Waals surface area contributed by atoms with Crippen LogP contribution in [-0.2, 0) is 17.1 Å². The summed E-state index contributed by atoms with van der Waals surface area (Å²) in [7, 11) is 0. The molecule has 2 aromatic rings. The number of hydrogen-bond acceptors (Lipinski definition) is 6. The molecule has 2 aliphatic rings. The molecule has 0 bridgehead atoms. The van der Waals surface area contributed by atoms with Crippen LogP contribution in [0.5, 0.6) is 0 Å². The van der Waals surface area contributed by atoms with Crippen LogP contribution in [0.4, 0.5) is 43.4 Å². The summed E-state index contributed by atoms with van der Waals surface area (Å²) < 4.78 is 84.0. The lowest BCUT2D eigenvalue weighted by Gasteiger charge is -2.36. The number of nitrogens with zero attached hydrogens (tertiary/aromatic N) is 3. The second-order valence-corrected chi connectivity index (χ2v) is 9.85. The zero-order valence-electron chi connectivity index (χ0n) is 21.1. The van der Waals surface area contributed by atoms with E-state index < -0.39 is 34.1 Å². The maximum absolute atomic E-state index is 13.2. The summed E-state index contributed by atoms with van der Waals surface area (Å²) in [5.41, 5.74) is -1.92. The Bertz CT molecular complexity index is 1110. The molecule has 1 aliphatic carbocycles. The van der Waals surface area contributed by atoms with Crippen molar-refractivity contribution in [2.24, 2.45) is 0 Å². The van der Waals surface area contributed by atoms with E-state index in [-0.39, 0.29) is 17.8 Å². The van der Waals surface area contributed by atoms with Gasteiger partial charge in [0.15, 0.2) is 0 Å². The van der Waals surface area contributed by atoms with Crippen LogP contribution >= 0.6 is 0 Å². The van der Waals surface area contributed by atoms with Gasteiger partial charge < -0.3 is 15.0 Å². The topological polar surface area (TPSA) is 70.9 Å². The Kier molecular flexibility index (Phi) is 8.90. The van der Waals surface area contributed by atoms with Crippen LogP contribution in [0, 0.1) is 10.1 Å². The summed E-state index contributed by atoms with van der Waals surface area (Å²) in [5, 5.41) is 14.0. The molecule has 0 atom stereocenters. The monoisotopic (exact) mass is 560 g/mol. The second-order valence-electron chi connectivity index (χ2n) is 9.85. The van der Waals surface area contributed by atoms with Crippen LogP contribution in [0.15, 0.2) is 42.5 Å². The van der Waals surface area contributed by atoms with Crippen LogP contribution in [0.25, 0.3) is 0 Å². The number of anilines is 2. The maximum Gasteiger partial charge on any atom is 0.423 e. The minimum Gasteiger partial charge on any atom is -0.382 e. The largest absolute Gasteiger partial charge is 0.423 e. The zero-order valence-corrected chi connectivity index (χ0v) is 21.1. The summed E-state index contributed by atoms with van der Waals surface area (Å²) in [6.07, 6.45) is -6.21. The number of benzene rings is 2. The minimum absolute atomic E-state index is 0.0503. The smallest absolute Gasteiger partial charge is 0.382 e. The summed E-state index contributed by atoms with van der Waals surface area (Å²) in [5.74, 6) is 0. The second kappa shape index (κ2) is 12.0. The Balaban J connectivity index is 1.16. The number of nitrogens with one attached hydrogen (secondary N) is 1. The molecule has 7 nitrogen and oxygen atoms in total. The molecule has 13 heteroatoms. The third-order valence-electron chi connectivity index (χ3n) is 7.24. The third kappa shape index (κ3) is 7.75. The van der Waals surface area contributed by atoms with Gasteiger partial charge >= 0.3 is 12.4 Å². The summed E-state index contributed by atoms with van der Waals surface area (Å²) in [4.78, 5) is 14.2. The average molecular weight is 561 g/mol. The van der Waals surface area contributed by atoms with Gasteiger partial charge in [-0.25, -0.2) is 0 Å². The highest BCUT2D eigenvalue weighted by Gasteiger charge is 2.38. The van der Waals surface area contributed by atoms with Gasteiger partial charge in [-0.3, -0.25) is 15.0 Å². The molecule has 0 spiro atoms. The van der Waals surface area contributed by atoms with Crippen molar-refractivity contribution in [3.05, 3.63) is 63.7 Å². The SMILES string of the molecule is O=[N+]([O-])c1ccc(NC2CCC(OCCN3CCN(c4ccc(C(F)(F)F)cc4)CC3)CC2)cc1C(F)(F)F. The van der Waals surface area contributed by atoms with E-state index in [4.69, 9.17) is 4.74 Å². The molecule has 1 saturated carbocycles. The lowest BCUT2D eigenvalue weighted by atomic mass is 9.92. The predicted octanol–water partition coefficient (Wildman–Crippen LogP) is 6.19. The Morgan fingerprint density at radius 1 is 0.897 bits per heavy atom. The standard InChI is InChI=1S/C26H30F6N4O3/c27-25(28,29)18-1-6-21(7-2-18)35-13-11-34(12-14-35)15-16-39-22-8-3-19(4-9-22)33-20-5-10-24(36(37)38)23(17-20)26(30,31)32/h1-2,5-7,10,17,19,22,33H,3-4,8-9,11-16H2. The molecule has 1 saturated heterocycles. The molecular weight excluding hydrogens is 530 g/mol. The lowest BCUT2D eigenvalue weighted by Crippen LogP contribution is -2.47. The molecule has 2 fully saturated rings. The van der Waals surface area contributed by atoms with E-state index in [0.29, 0.717) is 32.5 Å². The highest BCUT2D eigenvalue weighted by Crippen LogP contribution is 2.38. The molecule has 2 aromatic carbocycles. The number of rotatable bonds is 8. The molecule has 214 valence electrons. The normalized spacial score (nSPS) is 21.1. The molecule has 0 unspecified atom stereocenters. The average Bonchev–Trinajstić information content (AvgIpc) is 2.89. The van der Waals surface area contributed by atoms with E-state index in [1.807, 2.05) is 0 Å². The fourth-order valence-corrected chi connectivity index (χ4v) is 5.06. The van der Waals surface area contributed by atoms with E-state index in [1.54, 1.807) is 0 Å². The Hall–Kier alpha value is -3.06. The number of hydrogen-bond donors (Lipinski definition) is 1. The van der Waals surface area contributed by atoms with Crippen molar-refractivity contribution < 1.29 is 36.0 Å². The number of halogens is 6. The Labute approximate surface area is 221 Å². The summed E-state index contributed by atoms with van der Waals surface area (Å²) in [6, 6.07) is 8.13. The molecule has 39 heavy (non-hydrogen) atoms. The first-order chi connectivity index (χ1) is 18.4. The summed E-state index contributed by atoms with van der Waals surface area (Å²) in [6.45, 7) is 4.25. The molecule has 0 radical (unpaired) electrons. The number of piperazine rings is 1. The number of nitro benzene ring substituents is 1. The molecule has 1 aliphatic heterocycles. The van der Waals surface area contributed by atoms with Gasteiger partial charge in [-0.05, 0) is 62.1 Å². The van der Waals surface area contributed by atoms with Crippen LogP contribution in [0.3, 0.4) is 0 Å². The van der Waals surface area contributed by atoms with Crippen LogP contribution in [0.2, 0.25) is 0 Å². The van der Waals surface area contributed by atoms with E-state index in [2.05, 4.69) is 15.1 Å². The van der Waals surface area contributed by atoms with Crippen LogP contribution < -0.4 is 10.2 Å². The van der Waals surface area contributed by atoms with Gasteiger partial charge in [0.2, 0.25) is 0 Å². The van der Waals surface area contributed by atoms with E-state index in [1.165, 1.54) is 18.2 Å². The number of alkyl halides is 6. The fourth-order valence-electron chi connectivity index (χ4n) is 5.06. The predicted molar refractivity (Wildman–Crippen MR) is 134 cm³/mol. The van der Waals surface area contributed by atoms with Crippen molar-refractivity contribution in [2.75, 3.05) is 49.5 Å². The molecule has 1 heterocycles. The van der Waals surface area contributed by atoms with Gasteiger partial charge in [-0.2, -0.15) is 26.3 Å². The van der Waals surface area contributed by atoms with E-state index in [0.717, 1.165) is 62.4 Å². The van der Waals surface area contributed by atoms with Crippen molar-refractivity contribution in [1.82, 2.24) is 4.90 Å². The van der Waals surface area contributed by atoms with Crippen molar-refractivity contribution >= 4 is 17.1 Å². The van der Waals surface area contributed by atoms with Gasteiger partial charge in [-0.15, -0.1) is 0 Å². The summed E-state index contributed by atoms with van der Waals surface area (Å²) >= 11 is 0. The third-order valence-corrected chi connectivity index (χ3v) is 7.24. The first-order valence-corrected chi connectivity index (χ1v) is 12.8. The Morgan fingerprint density at radius 2 is 1.54 bits per heavy atom. The minimum atomic E-state index is -4.82. The first kappa shape index (κ1) is 28.9. The van der Waals surface area contributed by atoms with Crippen molar-refractivity contribution in [3.8, 4) is 0 Å². The molecule has 4 rings (SSSR count). The maximum atomic E-state index is 13.2. The van der Waals surface area contributed by atoms with Gasteiger partial charge in [0.25, 0.3) is 5.69 Å². The van der Waals surface area contributed by atoms with Crippen molar-refractivity contribution in [1.29, 1.82) is 0 Å². The number of ether oxygens (including phenoxy) is 1. The molecular formula is C26H30F6N4O3. The quantitative estimate of drug-likeness (QED) is 0.236. The van der Waals surface area contributed by atoms with Gasteiger partial charge in [0, 0.05) is 56.2 Å². The van der Waals surface area contributed by atoms with Crippen molar-refractivity contribution in [3.63, 3.8) is 0 Å². The molecule has 1 N–H and O–H groups in total. The number of nitro groups is 1. The Morgan fingerprint density at radius 3 is 2.10 bits per heavy atom. The highest BCUT2D eigenvalue weighted by molar-refractivity contribution is 5.55. The zero-order chi connectivity index (χ0) is 28.2. The highest BCUT2D eigenvalue weighted by atomic mass is 19.4. The molecule has 0 amide bonds. The van der Waals surface area contributed by atoms with Crippen LogP contribution in [0.1, 0.15) is 36.8 Å². The van der Waals surface area contributed by atoms with Gasteiger partial charge in [0.05, 0.1) is 23.2 Å². The molecule has 0 aromatic heterocycles. The van der Waals surface area contributed by atoms with Crippen molar-refractivity contribution in [2.45, 2.75) is 50.2 Å². The first-order valence-electron chi connectivity index (χ1n) is 12.8. The van der Waals surface area contributed by atoms with Gasteiger partial charge in [-0.1, -0.05) is 0 Å². The van der Waals surface area contributed by atoms with E-state index in [9.17, 15) is 36.5 Å². The van der Waals surface area contributed by atoms with Crippen LogP contribution in [-0.4, -0.2) is 61.3 Å². The lowest BCUT2D eigenvalue weighted by molar-refractivity contribution is -0.388. The van der Waals surface area contributed by atoms with E-state index >= 15 is 0 Å².